The fourth-order valence-corrected chi connectivity index (χ4v) is 1.71. The summed E-state index contributed by atoms with van der Waals surface area (Å²) >= 11 is 1.81. The van der Waals surface area contributed by atoms with Gasteiger partial charge in [-0.3, -0.25) is 0 Å². The van der Waals surface area contributed by atoms with Crippen molar-refractivity contribution in [3.05, 3.63) is 20.9 Å². The number of pyridine rings is 1. The molecule has 0 aromatic carbocycles. The molecule has 0 bridgehead atoms. The van der Waals surface area contributed by atoms with Crippen molar-refractivity contribution in [3.63, 3.8) is 0 Å². The van der Waals surface area contributed by atoms with Crippen LogP contribution in [0.5, 0.6) is 5.88 Å². The highest BCUT2D eigenvalue weighted by atomic mass is 127. The predicted octanol–water partition coefficient (Wildman–Crippen LogP) is 2.09. The molecular weight excluding hydrogens is 305 g/mol. The van der Waals surface area contributed by atoms with Crippen LogP contribution in [-0.2, 0) is 6.54 Å². The van der Waals surface area contributed by atoms with E-state index in [2.05, 4.69) is 4.98 Å². The largest absolute Gasteiger partial charge is 0.481 e. The summed E-state index contributed by atoms with van der Waals surface area (Å²) in [7, 11) is 1.38. The van der Waals surface area contributed by atoms with Gasteiger partial charge in [-0.05, 0) is 22.6 Å². The quantitative estimate of drug-likeness (QED) is 0.869. The number of hydrogen-bond donors (Lipinski definition) is 1. The topological polar surface area (TPSA) is 48.1 Å². The first-order valence-corrected chi connectivity index (χ1v) is 4.89. The van der Waals surface area contributed by atoms with E-state index < -0.39 is 6.43 Å². The summed E-state index contributed by atoms with van der Waals surface area (Å²) in [5.74, 6) is 0.168. The Hall–Kier alpha value is -0.500. The number of halogens is 3. The van der Waals surface area contributed by atoms with E-state index in [1.165, 1.54) is 13.2 Å². The minimum atomic E-state index is -2.54. The molecule has 0 spiro atoms. The molecule has 0 fully saturated rings. The molecule has 1 aromatic rings. The number of alkyl halides is 2. The highest BCUT2D eigenvalue weighted by Gasteiger charge is 2.17. The van der Waals surface area contributed by atoms with E-state index in [-0.39, 0.29) is 18.0 Å². The summed E-state index contributed by atoms with van der Waals surface area (Å²) in [6, 6.07) is 1.23. The normalized spacial score (nSPS) is 10.7. The van der Waals surface area contributed by atoms with E-state index >= 15 is 0 Å². The summed E-state index contributed by atoms with van der Waals surface area (Å²) in [4.78, 5) is 3.96. The molecule has 3 nitrogen and oxygen atoms in total. The zero-order chi connectivity index (χ0) is 10.7. The van der Waals surface area contributed by atoms with Crippen LogP contribution < -0.4 is 10.5 Å². The molecule has 0 unspecified atom stereocenters. The van der Waals surface area contributed by atoms with Crippen molar-refractivity contribution in [1.82, 2.24) is 4.98 Å². The van der Waals surface area contributed by atoms with Gasteiger partial charge in [-0.25, -0.2) is 13.8 Å². The third-order valence-corrected chi connectivity index (χ3v) is 2.91. The van der Waals surface area contributed by atoms with Crippen LogP contribution in [0.1, 0.15) is 17.7 Å². The standard InChI is InChI=1S/C8H9F2IN2O/c1-14-6-2-4(8(9)10)7(11)5(3-12)13-6/h2,8H,3,12H2,1H3. The molecule has 1 aromatic heterocycles. The molecule has 0 amide bonds. The smallest absolute Gasteiger partial charge is 0.265 e. The fourth-order valence-electron chi connectivity index (χ4n) is 0.976. The number of methoxy groups -OCH3 is 1. The molecule has 0 aliphatic carbocycles. The van der Waals surface area contributed by atoms with Crippen molar-refractivity contribution in [2.24, 2.45) is 5.73 Å². The maximum atomic E-state index is 12.5. The van der Waals surface area contributed by atoms with Gasteiger partial charge in [-0.15, -0.1) is 0 Å². The molecule has 0 atom stereocenters. The summed E-state index contributed by atoms with van der Waals surface area (Å²) in [6.07, 6.45) is -2.54. The number of aromatic nitrogens is 1. The second-order valence-electron chi connectivity index (χ2n) is 2.52. The van der Waals surface area contributed by atoms with E-state index in [0.717, 1.165) is 0 Å². The number of rotatable bonds is 3. The van der Waals surface area contributed by atoms with E-state index in [0.29, 0.717) is 9.26 Å². The van der Waals surface area contributed by atoms with Crippen LogP contribution in [0, 0.1) is 3.57 Å². The van der Waals surface area contributed by atoms with Gasteiger partial charge < -0.3 is 10.5 Å². The van der Waals surface area contributed by atoms with Crippen LogP contribution in [0.2, 0.25) is 0 Å². The maximum Gasteiger partial charge on any atom is 0.265 e. The third kappa shape index (κ3) is 2.30. The molecule has 1 heterocycles. The molecule has 0 saturated heterocycles. The van der Waals surface area contributed by atoms with Crippen LogP contribution in [0.15, 0.2) is 6.07 Å². The first-order valence-electron chi connectivity index (χ1n) is 3.81. The van der Waals surface area contributed by atoms with E-state index in [1.54, 1.807) is 0 Å². The number of ether oxygens (including phenoxy) is 1. The monoisotopic (exact) mass is 314 g/mol. The van der Waals surface area contributed by atoms with Crippen molar-refractivity contribution in [2.45, 2.75) is 13.0 Å². The highest BCUT2D eigenvalue weighted by Crippen LogP contribution is 2.28. The van der Waals surface area contributed by atoms with E-state index in [1.807, 2.05) is 22.6 Å². The Balaban J connectivity index is 3.27. The predicted molar refractivity (Wildman–Crippen MR) is 56.4 cm³/mol. The van der Waals surface area contributed by atoms with Gasteiger partial charge in [0.15, 0.2) is 0 Å². The van der Waals surface area contributed by atoms with Crippen molar-refractivity contribution >= 4 is 22.6 Å². The average molecular weight is 314 g/mol. The first-order chi connectivity index (χ1) is 6.60. The SMILES string of the molecule is COc1cc(C(F)F)c(I)c(CN)n1. The Bertz CT molecular complexity index is 333. The Kier molecular flexibility index (Phi) is 3.99. The Labute approximate surface area is 93.8 Å². The van der Waals surface area contributed by atoms with Crippen molar-refractivity contribution in [1.29, 1.82) is 0 Å². The molecule has 0 saturated carbocycles. The zero-order valence-corrected chi connectivity index (χ0v) is 9.59. The van der Waals surface area contributed by atoms with E-state index in [9.17, 15) is 8.78 Å². The molecule has 0 radical (unpaired) electrons. The van der Waals surface area contributed by atoms with Gasteiger partial charge in [-0.1, -0.05) is 0 Å². The third-order valence-electron chi connectivity index (χ3n) is 1.67. The lowest BCUT2D eigenvalue weighted by Gasteiger charge is -2.09. The van der Waals surface area contributed by atoms with Gasteiger partial charge in [0.2, 0.25) is 5.88 Å². The molecule has 0 aliphatic rings. The van der Waals surface area contributed by atoms with Gasteiger partial charge >= 0.3 is 0 Å². The maximum absolute atomic E-state index is 12.5. The molecule has 14 heavy (non-hydrogen) atoms. The van der Waals surface area contributed by atoms with Gasteiger partial charge in [0.25, 0.3) is 6.43 Å². The molecule has 1 rings (SSSR count). The summed E-state index contributed by atoms with van der Waals surface area (Å²) < 4.78 is 30.3. The molecule has 2 N–H and O–H groups in total. The number of nitrogens with two attached hydrogens (primary N) is 1. The Morgan fingerprint density at radius 3 is 2.71 bits per heavy atom. The highest BCUT2D eigenvalue weighted by molar-refractivity contribution is 14.1. The van der Waals surface area contributed by atoms with Crippen molar-refractivity contribution in [3.8, 4) is 5.88 Å². The minimum absolute atomic E-state index is 0.0853. The lowest BCUT2D eigenvalue weighted by molar-refractivity contribution is 0.149. The van der Waals surface area contributed by atoms with Gasteiger partial charge in [0.1, 0.15) is 0 Å². The van der Waals surface area contributed by atoms with Crippen LogP contribution in [0.25, 0.3) is 0 Å². The lowest BCUT2D eigenvalue weighted by Crippen LogP contribution is -2.07. The lowest BCUT2D eigenvalue weighted by atomic mass is 10.2. The second-order valence-corrected chi connectivity index (χ2v) is 3.60. The van der Waals surface area contributed by atoms with Gasteiger partial charge in [-0.2, -0.15) is 0 Å². The van der Waals surface area contributed by atoms with Crippen molar-refractivity contribution in [2.75, 3.05) is 7.11 Å². The minimum Gasteiger partial charge on any atom is -0.481 e. The Morgan fingerprint density at radius 2 is 2.29 bits per heavy atom. The summed E-state index contributed by atoms with van der Waals surface area (Å²) in [5, 5.41) is 0. The molecule has 6 heteroatoms. The molecule has 78 valence electrons. The summed E-state index contributed by atoms with van der Waals surface area (Å²) in [6.45, 7) is 0.120. The van der Waals surface area contributed by atoms with Crippen LogP contribution >= 0.6 is 22.6 Å². The van der Waals surface area contributed by atoms with Crippen molar-refractivity contribution < 1.29 is 13.5 Å². The van der Waals surface area contributed by atoms with Crippen LogP contribution in [-0.4, -0.2) is 12.1 Å². The number of hydrogen-bond acceptors (Lipinski definition) is 3. The van der Waals surface area contributed by atoms with Crippen LogP contribution in [0.3, 0.4) is 0 Å². The Morgan fingerprint density at radius 1 is 1.64 bits per heavy atom. The van der Waals surface area contributed by atoms with E-state index in [4.69, 9.17) is 10.5 Å². The molecule has 0 aliphatic heterocycles. The fraction of sp³-hybridized carbons (Fsp3) is 0.375. The average Bonchev–Trinajstić information content (AvgIpc) is 2.17. The second kappa shape index (κ2) is 4.83. The first kappa shape index (κ1) is 11.6. The van der Waals surface area contributed by atoms with Gasteiger partial charge in [0.05, 0.1) is 12.8 Å². The number of nitrogens with zero attached hydrogens (tertiary/aromatic N) is 1. The van der Waals surface area contributed by atoms with Crippen LogP contribution in [0.4, 0.5) is 8.78 Å². The summed E-state index contributed by atoms with van der Waals surface area (Å²) in [5.41, 5.74) is 5.72. The van der Waals surface area contributed by atoms with Gasteiger partial charge in [0, 0.05) is 21.7 Å². The zero-order valence-electron chi connectivity index (χ0n) is 7.43. The molecular formula is C8H9F2IN2O.